The molecule has 1 aliphatic rings. The number of carboxylic acids is 1. The number of ether oxygens (including phenoxy) is 1. The zero-order valence-corrected chi connectivity index (χ0v) is 23.1. The van der Waals surface area contributed by atoms with E-state index >= 15 is 0 Å². The maximum absolute atomic E-state index is 13.3. The van der Waals surface area contributed by atoms with Crippen LogP contribution in [0.1, 0.15) is 33.6 Å². The van der Waals surface area contributed by atoms with Crippen molar-refractivity contribution in [2.45, 2.75) is 38.5 Å². The van der Waals surface area contributed by atoms with Crippen molar-refractivity contribution in [1.82, 2.24) is 9.97 Å². The van der Waals surface area contributed by atoms with E-state index in [-0.39, 0.29) is 10.7 Å². The van der Waals surface area contributed by atoms with Crippen LogP contribution in [0.5, 0.6) is 5.75 Å². The summed E-state index contributed by atoms with van der Waals surface area (Å²) in [6.45, 7) is 7.30. The zero-order chi connectivity index (χ0) is 27.5. The Balaban J connectivity index is 1.55. The second kappa shape index (κ2) is 11.2. The molecule has 0 bridgehead atoms. The Morgan fingerprint density at radius 1 is 1.13 bits per heavy atom. The summed E-state index contributed by atoms with van der Waals surface area (Å²) in [7, 11) is -3.98. The van der Waals surface area contributed by atoms with Crippen molar-refractivity contribution in [3.05, 3.63) is 59.9 Å². The number of hydrogen-bond acceptors (Lipinski definition) is 7. The zero-order valence-electron chi connectivity index (χ0n) is 21.5. The number of rotatable bonds is 9. The van der Waals surface area contributed by atoms with Crippen LogP contribution in [0.3, 0.4) is 0 Å². The Bertz CT molecular complexity index is 1420. The number of pyridine rings is 2. The summed E-state index contributed by atoms with van der Waals surface area (Å²) >= 11 is 6.24. The lowest BCUT2D eigenvalue weighted by molar-refractivity contribution is -0.149. The molecule has 2 N–H and O–H groups in total. The van der Waals surface area contributed by atoms with Crippen LogP contribution in [-0.4, -0.2) is 49.2 Å². The molecule has 1 saturated heterocycles. The highest BCUT2D eigenvalue weighted by atomic mass is 35.5. The Labute approximate surface area is 227 Å². The first kappa shape index (κ1) is 27.7. The van der Waals surface area contributed by atoms with Gasteiger partial charge in [-0.15, -0.1) is 0 Å². The molecule has 0 unspecified atom stereocenters. The lowest BCUT2D eigenvalue weighted by Crippen LogP contribution is -2.43. The molecule has 1 fully saturated rings. The molecule has 0 spiro atoms. The molecule has 0 atom stereocenters. The molecule has 9 nitrogen and oxygen atoms in total. The summed E-state index contributed by atoms with van der Waals surface area (Å²) in [6.07, 6.45) is 3.85. The number of nitrogens with zero attached hydrogens (tertiary/aromatic N) is 3. The molecule has 3 aromatic rings. The van der Waals surface area contributed by atoms with Crippen molar-refractivity contribution in [3.63, 3.8) is 0 Å². The van der Waals surface area contributed by atoms with Crippen molar-refractivity contribution < 1.29 is 23.1 Å². The third-order valence-corrected chi connectivity index (χ3v) is 8.15. The Morgan fingerprint density at radius 2 is 1.84 bits per heavy atom. The van der Waals surface area contributed by atoms with E-state index in [0.29, 0.717) is 60.6 Å². The van der Waals surface area contributed by atoms with Crippen molar-refractivity contribution in [2.75, 3.05) is 29.3 Å². The van der Waals surface area contributed by atoms with Gasteiger partial charge in [0, 0.05) is 42.1 Å². The van der Waals surface area contributed by atoms with E-state index < -0.39 is 21.4 Å². The molecule has 38 heavy (non-hydrogen) atoms. The van der Waals surface area contributed by atoms with Crippen LogP contribution in [0.2, 0.25) is 5.02 Å². The third-order valence-electron chi connectivity index (χ3n) is 6.56. The molecule has 0 radical (unpaired) electrons. The summed E-state index contributed by atoms with van der Waals surface area (Å²) < 4.78 is 35.0. The number of halogens is 1. The van der Waals surface area contributed by atoms with Crippen molar-refractivity contribution in [2.24, 2.45) is 11.3 Å². The van der Waals surface area contributed by atoms with Gasteiger partial charge in [-0.2, -0.15) is 0 Å². The summed E-state index contributed by atoms with van der Waals surface area (Å²) in [5, 5.41) is 10.0. The quantitative estimate of drug-likeness (QED) is 0.362. The molecular weight excluding hydrogens is 528 g/mol. The number of aliphatic carboxylic acids is 1. The molecule has 4 rings (SSSR count). The molecule has 0 saturated carbocycles. The summed E-state index contributed by atoms with van der Waals surface area (Å²) in [6, 6.07) is 11.6. The van der Waals surface area contributed by atoms with Gasteiger partial charge in [-0.25, -0.2) is 18.4 Å². The van der Waals surface area contributed by atoms with E-state index in [9.17, 15) is 18.3 Å². The van der Waals surface area contributed by atoms with Gasteiger partial charge in [0.05, 0.1) is 16.9 Å². The van der Waals surface area contributed by atoms with Crippen LogP contribution >= 0.6 is 11.6 Å². The number of hydrogen-bond donors (Lipinski definition) is 2. The number of carbonyl (C=O) groups is 1. The maximum Gasteiger partial charge on any atom is 0.309 e. The number of sulfonamides is 1. The fourth-order valence-corrected chi connectivity index (χ4v) is 5.32. The number of piperidine rings is 1. The molecule has 1 aliphatic heterocycles. The normalized spacial score (nSPS) is 15.3. The predicted octanol–water partition coefficient (Wildman–Crippen LogP) is 5.32. The van der Waals surface area contributed by atoms with Crippen molar-refractivity contribution in [3.8, 4) is 16.9 Å². The maximum atomic E-state index is 13.3. The van der Waals surface area contributed by atoms with Gasteiger partial charge < -0.3 is 14.7 Å². The molecule has 0 amide bonds. The van der Waals surface area contributed by atoms with Crippen LogP contribution < -0.4 is 14.4 Å². The van der Waals surface area contributed by atoms with Crippen LogP contribution in [0, 0.1) is 11.3 Å². The SMILES string of the molecule is CC(C)COc1ccc(Cl)cc1-c1ccnc(NS(=O)(=O)c2ccnc(N3CCC(C)(C(=O)O)CC3)c2)c1. The Kier molecular flexibility index (Phi) is 8.13. The van der Waals surface area contributed by atoms with E-state index in [1.54, 1.807) is 37.3 Å². The molecular formula is C27H31ClN4O5S. The standard InChI is InChI=1S/C27H31ClN4O5S/c1-18(2)17-37-23-5-4-20(28)15-22(23)19-6-10-29-24(14-19)31-38(35,36)21-7-11-30-25(16-21)32-12-8-27(3,9-13-32)26(33)34/h4-7,10-11,14-16,18H,8-9,12-13,17H2,1-3H3,(H,29,31)(H,33,34). The van der Waals surface area contributed by atoms with E-state index in [1.807, 2.05) is 4.90 Å². The number of aromatic nitrogens is 2. The molecule has 202 valence electrons. The number of anilines is 2. The summed E-state index contributed by atoms with van der Waals surface area (Å²) in [5.74, 6) is 0.771. The molecule has 2 aromatic heterocycles. The highest BCUT2D eigenvalue weighted by Gasteiger charge is 2.37. The highest BCUT2D eigenvalue weighted by Crippen LogP contribution is 2.35. The minimum Gasteiger partial charge on any atom is -0.493 e. The van der Waals surface area contributed by atoms with E-state index in [2.05, 4.69) is 28.5 Å². The van der Waals surface area contributed by atoms with Crippen molar-refractivity contribution in [1.29, 1.82) is 0 Å². The molecule has 0 aliphatic carbocycles. The van der Waals surface area contributed by atoms with Crippen LogP contribution in [0.4, 0.5) is 11.6 Å². The van der Waals surface area contributed by atoms with Crippen LogP contribution in [0.15, 0.2) is 59.8 Å². The van der Waals surface area contributed by atoms with Gasteiger partial charge in [-0.3, -0.25) is 9.52 Å². The number of benzene rings is 1. The second-order valence-corrected chi connectivity index (χ2v) is 12.2. The average molecular weight is 559 g/mol. The van der Waals surface area contributed by atoms with Gasteiger partial charge in [-0.05, 0) is 67.6 Å². The highest BCUT2D eigenvalue weighted by molar-refractivity contribution is 7.92. The van der Waals surface area contributed by atoms with Gasteiger partial charge >= 0.3 is 5.97 Å². The average Bonchev–Trinajstić information content (AvgIpc) is 2.88. The first-order chi connectivity index (χ1) is 18.0. The smallest absolute Gasteiger partial charge is 0.309 e. The lowest BCUT2D eigenvalue weighted by atomic mass is 9.80. The lowest BCUT2D eigenvalue weighted by Gasteiger charge is -2.37. The van der Waals surface area contributed by atoms with Gasteiger partial charge in [0.2, 0.25) is 0 Å². The second-order valence-electron chi connectivity index (χ2n) is 10.1. The monoisotopic (exact) mass is 558 g/mol. The minimum atomic E-state index is -3.98. The number of carboxylic acid groups (broad SMARTS) is 1. The summed E-state index contributed by atoms with van der Waals surface area (Å²) in [4.78, 5) is 22.0. The fourth-order valence-electron chi connectivity index (χ4n) is 4.14. The molecule has 3 heterocycles. The van der Waals surface area contributed by atoms with Crippen LogP contribution in [-0.2, 0) is 14.8 Å². The van der Waals surface area contributed by atoms with E-state index in [1.165, 1.54) is 24.5 Å². The minimum absolute atomic E-state index is 0.0324. The molecule has 1 aromatic carbocycles. The summed E-state index contributed by atoms with van der Waals surface area (Å²) in [5.41, 5.74) is 0.635. The van der Waals surface area contributed by atoms with Gasteiger partial charge in [0.1, 0.15) is 17.4 Å². The first-order valence-electron chi connectivity index (χ1n) is 12.3. The largest absolute Gasteiger partial charge is 0.493 e. The molecule has 11 heteroatoms. The Hall–Kier alpha value is -3.37. The van der Waals surface area contributed by atoms with Gasteiger partial charge in [0.25, 0.3) is 10.0 Å². The topological polar surface area (TPSA) is 122 Å². The fraction of sp³-hybridized carbons (Fsp3) is 0.370. The van der Waals surface area contributed by atoms with E-state index in [4.69, 9.17) is 16.3 Å². The van der Waals surface area contributed by atoms with Gasteiger partial charge in [0.15, 0.2) is 0 Å². The van der Waals surface area contributed by atoms with Gasteiger partial charge in [-0.1, -0.05) is 25.4 Å². The Morgan fingerprint density at radius 3 is 2.53 bits per heavy atom. The predicted molar refractivity (Wildman–Crippen MR) is 147 cm³/mol. The third kappa shape index (κ3) is 6.36. The van der Waals surface area contributed by atoms with Crippen LogP contribution in [0.25, 0.3) is 11.1 Å². The number of nitrogens with one attached hydrogen (secondary N) is 1. The van der Waals surface area contributed by atoms with E-state index in [0.717, 1.165) is 5.56 Å². The first-order valence-corrected chi connectivity index (χ1v) is 14.2. The van der Waals surface area contributed by atoms with Crippen molar-refractivity contribution >= 4 is 39.2 Å².